The minimum Gasteiger partial charge on any atom is -0.462 e. The lowest BCUT2D eigenvalue weighted by Crippen LogP contribution is -2.30. The van der Waals surface area contributed by atoms with Crippen molar-refractivity contribution in [2.45, 2.75) is 285 Å². The zero-order chi connectivity index (χ0) is 42.7. The maximum Gasteiger partial charge on any atom is 0.306 e. The number of ether oxygens (including phenoxy) is 3. The topological polar surface area (TPSA) is 78.9 Å². The second-order valence-electron chi connectivity index (χ2n) is 18.8. The molecule has 0 spiro atoms. The average Bonchev–Trinajstić information content (AvgIpc) is 3.21. The minimum atomic E-state index is -0.763. The largest absolute Gasteiger partial charge is 0.462 e. The van der Waals surface area contributed by atoms with Crippen molar-refractivity contribution in [3.63, 3.8) is 0 Å². The third-order valence-corrected chi connectivity index (χ3v) is 12.4. The van der Waals surface area contributed by atoms with Crippen molar-refractivity contribution in [3.8, 4) is 0 Å². The summed E-state index contributed by atoms with van der Waals surface area (Å²) in [5.74, 6) is 1.68. The van der Waals surface area contributed by atoms with Crippen LogP contribution >= 0.6 is 0 Å². The van der Waals surface area contributed by atoms with Crippen LogP contribution in [0.1, 0.15) is 279 Å². The van der Waals surface area contributed by atoms with Crippen molar-refractivity contribution >= 4 is 17.9 Å². The van der Waals surface area contributed by atoms with E-state index in [0.29, 0.717) is 19.3 Å². The Bertz CT molecular complexity index is 902. The lowest BCUT2D eigenvalue weighted by atomic mass is 9.99. The van der Waals surface area contributed by atoms with Gasteiger partial charge in [-0.15, -0.1) is 0 Å². The van der Waals surface area contributed by atoms with Gasteiger partial charge in [0.25, 0.3) is 0 Å². The molecular weight excluding hydrogens is 721 g/mol. The Morgan fingerprint density at radius 3 is 0.897 bits per heavy atom. The van der Waals surface area contributed by atoms with E-state index >= 15 is 0 Å². The van der Waals surface area contributed by atoms with Gasteiger partial charge in [-0.1, -0.05) is 241 Å². The number of esters is 3. The fraction of sp³-hybridized carbons (Fsp3) is 0.942. The number of unbranched alkanes of at least 4 members (excludes halogenated alkanes) is 26. The Balaban J connectivity index is 4.32. The van der Waals surface area contributed by atoms with Crippen LogP contribution in [-0.2, 0) is 28.6 Å². The van der Waals surface area contributed by atoms with E-state index in [2.05, 4.69) is 41.5 Å². The molecule has 0 amide bonds. The summed E-state index contributed by atoms with van der Waals surface area (Å²) in [6.45, 7) is 13.7. The molecule has 0 heterocycles. The highest BCUT2D eigenvalue weighted by Crippen LogP contribution is 2.18. The molecule has 0 aliphatic carbocycles. The predicted octanol–water partition coefficient (Wildman–Crippen LogP) is 16.4. The first-order valence-corrected chi connectivity index (χ1v) is 25.7. The smallest absolute Gasteiger partial charge is 0.306 e. The van der Waals surface area contributed by atoms with Crippen molar-refractivity contribution in [2.75, 3.05) is 13.2 Å². The molecule has 58 heavy (non-hydrogen) atoms. The summed E-state index contributed by atoms with van der Waals surface area (Å²) in [6.07, 6.45) is 42.2. The summed E-state index contributed by atoms with van der Waals surface area (Å²) in [7, 11) is 0. The summed E-state index contributed by atoms with van der Waals surface area (Å²) in [6, 6.07) is 0. The fourth-order valence-electron chi connectivity index (χ4n) is 7.70. The third-order valence-electron chi connectivity index (χ3n) is 12.4. The fourth-order valence-corrected chi connectivity index (χ4v) is 7.70. The van der Waals surface area contributed by atoms with Gasteiger partial charge in [-0.2, -0.15) is 0 Å². The van der Waals surface area contributed by atoms with Crippen LogP contribution in [0.4, 0.5) is 0 Å². The second kappa shape index (κ2) is 43.5. The van der Waals surface area contributed by atoms with Crippen molar-refractivity contribution in [1.82, 2.24) is 0 Å². The number of hydrogen-bond donors (Lipinski definition) is 0. The van der Waals surface area contributed by atoms with Gasteiger partial charge in [0.2, 0.25) is 0 Å². The summed E-state index contributed by atoms with van der Waals surface area (Å²) >= 11 is 0. The van der Waals surface area contributed by atoms with E-state index < -0.39 is 6.10 Å². The van der Waals surface area contributed by atoms with Crippen LogP contribution in [0.2, 0.25) is 0 Å². The van der Waals surface area contributed by atoms with Gasteiger partial charge in [-0.05, 0) is 37.0 Å². The van der Waals surface area contributed by atoms with Gasteiger partial charge < -0.3 is 14.2 Å². The first-order valence-electron chi connectivity index (χ1n) is 25.7. The molecule has 0 rings (SSSR count). The van der Waals surface area contributed by atoms with Gasteiger partial charge in [-0.25, -0.2) is 0 Å². The van der Waals surface area contributed by atoms with Crippen LogP contribution in [0, 0.1) is 17.8 Å². The lowest BCUT2D eigenvalue weighted by molar-refractivity contribution is -0.167. The van der Waals surface area contributed by atoms with Gasteiger partial charge in [0.1, 0.15) is 13.2 Å². The van der Waals surface area contributed by atoms with Gasteiger partial charge in [0.15, 0.2) is 6.10 Å². The predicted molar refractivity (Wildman–Crippen MR) is 247 cm³/mol. The molecule has 3 atom stereocenters. The van der Waals surface area contributed by atoms with E-state index in [4.69, 9.17) is 14.2 Å². The van der Waals surface area contributed by atoms with Crippen LogP contribution < -0.4 is 0 Å². The van der Waals surface area contributed by atoms with Crippen molar-refractivity contribution in [2.24, 2.45) is 17.8 Å². The van der Waals surface area contributed by atoms with Crippen LogP contribution in [0.5, 0.6) is 0 Å². The van der Waals surface area contributed by atoms with Crippen molar-refractivity contribution in [1.29, 1.82) is 0 Å². The first kappa shape index (κ1) is 56.4. The van der Waals surface area contributed by atoms with Crippen molar-refractivity contribution in [3.05, 3.63) is 0 Å². The van der Waals surface area contributed by atoms with E-state index in [-0.39, 0.29) is 31.1 Å². The number of rotatable bonds is 45. The second-order valence-corrected chi connectivity index (χ2v) is 18.8. The molecule has 2 unspecified atom stereocenters. The summed E-state index contributed by atoms with van der Waals surface area (Å²) in [5, 5.41) is 0. The lowest BCUT2D eigenvalue weighted by Gasteiger charge is -2.18. The molecule has 6 nitrogen and oxygen atoms in total. The van der Waals surface area contributed by atoms with Crippen LogP contribution in [0.3, 0.4) is 0 Å². The van der Waals surface area contributed by atoms with Crippen LogP contribution in [0.15, 0.2) is 0 Å². The maximum absolute atomic E-state index is 12.8. The van der Waals surface area contributed by atoms with E-state index in [1.54, 1.807) is 0 Å². The molecule has 6 heteroatoms. The molecule has 0 aliphatic heterocycles. The van der Waals surface area contributed by atoms with Gasteiger partial charge >= 0.3 is 17.9 Å². The molecule has 0 saturated carbocycles. The normalized spacial score (nSPS) is 13.1. The number of carbonyl (C=O) groups excluding carboxylic acids is 3. The maximum atomic E-state index is 12.8. The molecule has 0 radical (unpaired) electrons. The van der Waals surface area contributed by atoms with E-state index in [1.807, 2.05) is 0 Å². The molecule has 0 aliphatic rings. The van der Waals surface area contributed by atoms with Gasteiger partial charge in [-0.3, -0.25) is 14.4 Å². The zero-order valence-corrected chi connectivity index (χ0v) is 39.8. The Morgan fingerprint density at radius 2 is 0.603 bits per heavy atom. The zero-order valence-electron chi connectivity index (χ0n) is 39.8. The summed E-state index contributed by atoms with van der Waals surface area (Å²) in [4.78, 5) is 37.9. The number of hydrogen-bond acceptors (Lipinski definition) is 6. The quantitative estimate of drug-likeness (QED) is 0.0346. The number of carbonyl (C=O) groups is 3. The van der Waals surface area contributed by atoms with E-state index in [9.17, 15) is 14.4 Å². The van der Waals surface area contributed by atoms with E-state index in [1.165, 1.54) is 161 Å². The Labute approximate surface area is 361 Å². The van der Waals surface area contributed by atoms with Crippen LogP contribution in [-0.4, -0.2) is 37.2 Å². The summed E-state index contributed by atoms with van der Waals surface area (Å²) in [5.41, 5.74) is 0. The monoisotopic (exact) mass is 821 g/mol. The highest BCUT2D eigenvalue weighted by Gasteiger charge is 2.19. The minimum absolute atomic E-state index is 0.0653. The molecule has 344 valence electrons. The Hall–Kier alpha value is -1.59. The van der Waals surface area contributed by atoms with Crippen molar-refractivity contribution < 1.29 is 28.6 Å². The van der Waals surface area contributed by atoms with E-state index in [0.717, 1.165) is 75.5 Å². The molecule has 0 aromatic rings. The van der Waals surface area contributed by atoms with Gasteiger partial charge in [0, 0.05) is 19.3 Å². The SMILES string of the molecule is CCC(C)CCCCCCCCCCC(=O)OC[C@H](COC(=O)CCCCCCCCCCCCCCCC(C)C)OC(=O)CCCCCCCCCCC(C)CC. The molecule has 0 saturated heterocycles. The Kier molecular flexibility index (Phi) is 42.3. The Morgan fingerprint density at radius 1 is 0.345 bits per heavy atom. The van der Waals surface area contributed by atoms with Crippen LogP contribution in [0.25, 0.3) is 0 Å². The standard InChI is InChI=1S/C52H100O6/c1-7-47(5)39-33-27-21-16-18-24-30-36-42-51(54)57-45-49(58-52(55)43-37-31-25-19-17-22-28-34-40-48(6)8-2)44-56-50(53)41-35-29-23-15-13-11-9-10-12-14-20-26-32-38-46(3)4/h46-49H,7-45H2,1-6H3/t47?,48?,49-/m0/s1. The molecule has 0 N–H and O–H groups in total. The molecule has 0 aromatic carbocycles. The highest BCUT2D eigenvalue weighted by atomic mass is 16.6. The third kappa shape index (κ3) is 42.5. The highest BCUT2D eigenvalue weighted by molar-refractivity contribution is 5.71. The molecule has 0 fully saturated rings. The molecular formula is C52H100O6. The molecule has 0 aromatic heterocycles. The van der Waals surface area contributed by atoms with Gasteiger partial charge in [0.05, 0.1) is 0 Å². The average molecular weight is 821 g/mol. The first-order chi connectivity index (χ1) is 28.2. The summed E-state index contributed by atoms with van der Waals surface area (Å²) < 4.78 is 16.8. The molecule has 0 bridgehead atoms.